The summed E-state index contributed by atoms with van der Waals surface area (Å²) in [5.74, 6) is 0.0419. The number of nitrogens with zero attached hydrogens (tertiary/aromatic N) is 1. The zero-order valence-corrected chi connectivity index (χ0v) is 11.6. The molecule has 0 spiro atoms. The van der Waals surface area contributed by atoms with Crippen LogP contribution in [0, 0.1) is 0 Å². The Morgan fingerprint density at radius 3 is 2.33 bits per heavy atom. The third-order valence-electron chi connectivity index (χ3n) is 3.24. The summed E-state index contributed by atoms with van der Waals surface area (Å²) in [7, 11) is 0. The zero-order valence-electron chi connectivity index (χ0n) is 11.6. The molecule has 0 heterocycles. The molecule has 3 nitrogen and oxygen atoms in total. The predicted octanol–water partition coefficient (Wildman–Crippen LogP) is 2.20. The van der Waals surface area contributed by atoms with Gasteiger partial charge in [0, 0.05) is 12.6 Å². The SMILES string of the molecule is CCC(Cc1ccccc1)N(CC)C(=O)[C@H](C)N. The van der Waals surface area contributed by atoms with Crippen LogP contribution in [-0.4, -0.2) is 29.4 Å². The van der Waals surface area contributed by atoms with Crippen molar-refractivity contribution in [3.8, 4) is 0 Å². The molecule has 2 atom stereocenters. The van der Waals surface area contributed by atoms with E-state index in [4.69, 9.17) is 5.73 Å². The van der Waals surface area contributed by atoms with Crippen molar-refractivity contribution in [1.82, 2.24) is 4.90 Å². The molecule has 0 saturated carbocycles. The maximum Gasteiger partial charge on any atom is 0.239 e. The van der Waals surface area contributed by atoms with Crippen molar-refractivity contribution in [1.29, 1.82) is 0 Å². The maximum absolute atomic E-state index is 12.1. The summed E-state index contributed by atoms with van der Waals surface area (Å²) in [5.41, 5.74) is 6.97. The maximum atomic E-state index is 12.1. The molecule has 1 rings (SSSR count). The van der Waals surface area contributed by atoms with Gasteiger partial charge in [0.2, 0.25) is 5.91 Å². The van der Waals surface area contributed by atoms with Crippen LogP contribution in [0.15, 0.2) is 30.3 Å². The highest BCUT2D eigenvalue weighted by Gasteiger charge is 2.23. The van der Waals surface area contributed by atoms with Gasteiger partial charge in [-0.15, -0.1) is 0 Å². The summed E-state index contributed by atoms with van der Waals surface area (Å²) in [6.45, 7) is 6.59. The first kappa shape index (κ1) is 14.7. The normalized spacial score (nSPS) is 14.0. The number of benzene rings is 1. The van der Waals surface area contributed by atoms with Crippen molar-refractivity contribution in [2.75, 3.05) is 6.54 Å². The fraction of sp³-hybridized carbons (Fsp3) is 0.533. The summed E-state index contributed by atoms with van der Waals surface area (Å²) in [6.07, 6.45) is 1.84. The Labute approximate surface area is 110 Å². The summed E-state index contributed by atoms with van der Waals surface area (Å²) < 4.78 is 0. The number of hydrogen-bond donors (Lipinski definition) is 1. The van der Waals surface area contributed by atoms with E-state index in [1.54, 1.807) is 6.92 Å². The highest BCUT2D eigenvalue weighted by molar-refractivity contribution is 5.81. The second kappa shape index (κ2) is 7.17. The van der Waals surface area contributed by atoms with E-state index in [9.17, 15) is 4.79 Å². The Hall–Kier alpha value is -1.35. The van der Waals surface area contributed by atoms with E-state index in [1.165, 1.54) is 5.56 Å². The number of hydrogen-bond acceptors (Lipinski definition) is 2. The van der Waals surface area contributed by atoms with Gasteiger partial charge in [-0.1, -0.05) is 37.3 Å². The lowest BCUT2D eigenvalue weighted by Gasteiger charge is -2.31. The molecule has 0 aliphatic carbocycles. The summed E-state index contributed by atoms with van der Waals surface area (Å²) in [6, 6.07) is 10.1. The van der Waals surface area contributed by atoms with Gasteiger partial charge < -0.3 is 10.6 Å². The summed E-state index contributed by atoms with van der Waals surface area (Å²) in [4.78, 5) is 14.0. The molecule has 0 aromatic heterocycles. The van der Waals surface area contributed by atoms with E-state index in [2.05, 4.69) is 19.1 Å². The fourth-order valence-corrected chi connectivity index (χ4v) is 2.22. The minimum Gasteiger partial charge on any atom is -0.338 e. The zero-order chi connectivity index (χ0) is 13.5. The van der Waals surface area contributed by atoms with E-state index in [-0.39, 0.29) is 11.9 Å². The lowest BCUT2D eigenvalue weighted by atomic mass is 10.0. The van der Waals surface area contributed by atoms with Crippen LogP contribution in [0.5, 0.6) is 0 Å². The average Bonchev–Trinajstić information content (AvgIpc) is 2.39. The monoisotopic (exact) mass is 248 g/mol. The van der Waals surface area contributed by atoms with Gasteiger partial charge in [0.25, 0.3) is 0 Å². The van der Waals surface area contributed by atoms with Gasteiger partial charge in [-0.2, -0.15) is 0 Å². The molecular weight excluding hydrogens is 224 g/mol. The minimum absolute atomic E-state index is 0.0419. The van der Waals surface area contributed by atoms with E-state index in [1.807, 2.05) is 30.0 Å². The summed E-state index contributed by atoms with van der Waals surface area (Å²) in [5, 5.41) is 0. The summed E-state index contributed by atoms with van der Waals surface area (Å²) >= 11 is 0. The van der Waals surface area contributed by atoms with Crippen molar-refractivity contribution in [3.05, 3.63) is 35.9 Å². The van der Waals surface area contributed by atoms with Gasteiger partial charge >= 0.3 is 0 Å². The molecule has 0 radical (unpaired) electrons. The van der Waals surface area contributed by atoms with Gasteiger partial charge in [-0.3, -0.25) is 4.79 Å². The van der Waals surface area contributed by atoms with Crippen LogP contribution >= 0.6 is 0 Å². The first-order valence-corrected chi connectivity index (χ1v) is 6.70. The molecule has 1 aromatic carbocycles. The molecule has 0 fully saturated rings. The average molecular weight is 248 g/mol. The molecule has 18 heavy (non-hydrogen) atoms. The van der Waals surface area contributed by atoms with Crippen LogP contribution in [0.25, 0.3) is 0 Å². The number of amides is 1. The number of likely N-dealkylation sites (N-methyl/N-ethyl adjacent to an activating group) is 1. The van der Waals surface area contributed by atoms with Crippen LogP contribution in [0.4, 0.5) is 0 Å². The van der Waals surface area contributed by atoms with Crippen LogP contribution in [0.2, 0.25) is 0 Å². The molecular formula is C15H24N2O. The number of carbonyl (C=O) groups is 1. The quantitative estimate of drug-likeness (QED) is 0.839. The van der Waals surface area contributed by atoms with Gasteiger partial charge in [0.1, 0.15) is 0 Å². The van der Waals surface area contributed by atoms with Gasteiger partial charge in [0.15, 0.2) is 0 Å². The van der Waals surface area contributed by atoms with Crippen LogP contribution in [0.1, 0.15) is 32.8 Å². The van der Waals surface area contributed by atoms with Crippen molar-refractivity contribution in [2.45, 2.75) is 45.7 Å². The van der Waals surface area contributed by atoms with Crippen LogP contribution in [-0.2, 0) is 11.2 Å². The first-order valence-electron chi connectivity index (χ1n) is 6.70. The molecule has 0 aliphatic rings. The highest BCUT2D eigenvalue weighted by atomic mass is 16.2. The lowest BCUT2D eigenvalue weighted by molar-refractivity contribution is -0.134. The van der Waals surface area contributed by atoms with E-state index in [0.717, 1.165) is 12.8 Å². The largest absolute Gasteiger partial charge is 0.338 e. The smallest absolute Gasteiger partial charge is 0.239 e. The van der Waals surface area contributed by atoms with Crippen molar-refractivity contribution < 1.29 is 4.79 Å². The number of rotatable bonds is 6. The Bertz CT molecular complexity index is 362. The number of carbonyl (C=O) groups excluding carboxylic acids is 1. The predicted molar refractivity (Wildman–Crippen MR) is 75.3 cm³/mol. The van der Waals surface area contributed by atoms with Crippen molar-refractivity contribution in [3.63, 3.8) is 0 Å². The lowest BCUT2D eigenvalue weighted by Crippen LogP contribution is -2.48. The van der Waals surface area contributed by atoms with Crippen LogP contribution in [0.3, 0.4) is 0 Å². The van der Waals surface area contributed by atoms with E-state index < -0.39 is 6.04 Å². The van der Waals surface area contributed by atoms with Crippen LogP contribution < -0.4 is 5.73 Å². The van der Waals surface area contributed by atoms with Crippen molar-refractivity contribution in [2.24, 2.45) is 5.73 Å². The Morgan fingerprint density at radius 2 is 1.89 bits per heavy atom. The topological polar surface area (TPSA) is 46.3 Å². The van der Waals surface area contributed by atoms with E-state index >= 15 is 0 Å². The first-order chi connectivity index (χ1) is 8.60. The molecule has 2 N–H and O–H groups in total. The third-order valence-corrected chi connectivity index (χ3v) is 3.24. The van der Waals surface area contributed by atoms with E-state index in [0.29, 0.717) is 6.54 Å². The molecule has 0 bridgehead atoms. The second-order valence-electron chi connectivity index (χ2n) is 4.66. The molecule has 0 aliphatic heterocycles. The molecule has 3 heteroatoms. The molecule has 1 aromatic rings. The Kier molecular flexibility index (Phi) is 5.86. The Balaban J connectivity index is 2.78. The standard InChI is InChI=1S/C15H24N2O/c1-4-14(11-13-9-7-6-8-10-13)17(5-2)15(18)12(3)16/h6-10,12,14H,4-5,11,16H2,1-3H3/t12-,14?/m0/s1. The molecule has 0 saturated heterocycles. The third kappa shape index (κ3) is 3.84. The van der Waals surface area contributed by atoms with Crippen molar-refractivity contribution >= 4 is 5.91 Å². The number of nitrogens with two attached hydrogens (primary N) is 1. The molecule has 1 unspecified atom stereocenters. The molecule has 1 amide bonds. The minimum atomic E-state index is -0.422. The molecule has 100 valence electrons. The fourth-order valence-electron chi connectivity index (χ4n) is 2.22. The van der Waals surface area contributed by atoms with Gasteiger partial charge in [-0.05, 0) is 32.3 Å². The van der Waals surface area contributed by atoms with Gasteiger partial charge in [-0.25, -0.2) is 0 Å². The Morgan fingerprint density at radius 1 is 1.28 bits per heavy atom. The second-order valence-corrected chi connectivity index (χ2v) is 4.66. The highest BCUT2D eigenvalue weighted by Crippen LogP contribution is 2.13. The van der Waals surface area contributed by atoms with Gasteiger partial charge in [0.05, 0.1) is 6.04 Å².